The molecule has 0 atom stereocenters. The van der Waals surface area contributed by atoms with Gasteiger partial charge in [0.25, 0.3) is 0 Å². The number of carbonyl (C=O) groups excluding carboxylic acids is 2. The fraction of sp³-hybridized carbons (Fsp3) is 0.667. The van der Waals surface area contributed by atoms with Crippen molar-refractivity contribution in [3.8, 4) is 0 Å². The van der Waals surface area contributed by atoms with E-state index < -0.39 is 11.8 Å². The van der Waals surface area contributed by atoms with E-state index in [-0.39, 0.29) is 0 Å². The first-order chi connectivity index (χ1) is 5.72. The lowest BCUT2D eigenvalue weighted by Crippen LogP contribution is -2.43. The van der Waals surface area contributed by atoms with Crippen LogP contribution in [0, 0.1) is 0 Å². The lowest BCUT2D eigenvalue weighted by Gasteiger charge is -2.02. The molecule has 0 aliphatic heterocycles. The molecule has 0 aromatic carbocycles. The molecule has 6 heteroatoms. The Kier molecular flexibility index (Phi) is 5.94. The summed E-state index contributed by atoms with van der Waals surface area (Å²) in [6.45, 7) is 3.12. The second-order valence-corrected chi connectivity index (χ2v) is 1.93. The predicted molar refractivity (Wildman–Crippen MR) is 41.8 cm³/mol. The van der Waals surface area contributed by atoms with Crippen LogP contribution in [-0.4, -0.2) is 31.6 Å². The van der Waals surface area contributed by atoms with E-state index in [2.05, 4.69) is 5.32 Å². The highest BCUT2D eigenvalue weighted by Crippen LogP contribution is 1.71. The van der Waals surface area contributed by atoms with Gasteiger partial charge in [-0.15, -0.1) is 0 Å². The Morgan fingerprint density at radius 2 is 2.08 bits per heavy atom. The van der Waals surface area contributed by atoms with Crippen molar-refractivity contribution in [1.82, 2.24) is 10.7 Å². The van der Waals surface area contributed by atoms with Crippen LogP contribution in [0.15, 0.2) is 0 Å². The first kappa shape index (κ1) is 10.9. The summed E-state index contributed by atoms with van der Waals surface area (Å²) in [6.07, 6.45) is 0. The number of ether oxygens (including phenoxy) is 1. The van der Waals surface area contributed by atoms with Crippen LogP contribution in [0.4, 0.5) is 0 Å². The van der Waals surface area contributed by atoms with Gasteiger partial charge < -0.3 is 10.1 Å². The summed E-state index contributed by atoms with van der Waals surface area (Å²) in [5.41, 5.74) is 1.71. The van der Waals surface area contributed by atoms with Gasteiger partial charge in [0.05, 0.1) is 6.61 Å². The zero-order chi connectivity index (χ0) is 9.40. The molecule has 0 saturated carbocycles. The summed E-state index contributed by atoms with van der Waals surface area (Å²) in [6, 6.07) is 0. The number of hydrazine groups is 1. The number of hydrogen-bond donors (Lipinski definition) is 3. The lowest BCUT2D eigenvalue weighted by molar-refractivity contribution is -0.139. The van der Waals surface area contributed by atoms with Gasteiger partial charge in [-0.1, -0.05) is 0 Å². The van der Waals surface area contributed by atoms with Crippen molar-refractivity contribution in [1.29, 1.82) is 0 Å². The number of amides is 2. The van der Waals surface area contributed by atoms with Gasteiger partial charge in [-0.2, -0.15) is 0 Å². The predicted octanol–water partition coefficient (Wildman–Crippen LogP) is -1.87. The molecule has 0 heterocycles. The molecule has 0 radical (unpaired) electrons. The summed E-state index contributed by atoms with van der Waals surface area (Å²) < 4.78 is 4.92. The summed E-state index contributed by atoms with van der Waals surface area (Å²) in [5.74, 6) is 3.10. The maximum absolute atomic E-state index is 10.7. The van der Waals surface area contributed by atoms with Crippen molar-refractivity contribution in [3.05, 3.63) is 0 Å². The summed E-state index contributed by atoms with van der Waals surface area (Å²) in [7, 11) is 0. The van der Waals surface area contributed by atoms with Crippen LogP contribution in [0.1, 0.15) is 6.92 Å². The van der Waals surface area contributed by atoms with Gasteiger partial charge in [0.1, 0.15) is 0 Å². The van der Waals surface area contributed by atoms with Crippen LogP contribution in [0.25, 0.3) is 0 Å². The standard InChI is InChI=1S/C6H13N3O3/c1-2-12-4-3-8-5(10)6(11)9-7/h2-4,7H2,1H3,(H,8,10)(H,9,11). The summed E-state index contributed by atoms with van der Waals surface area (Å²) in [5, 5.41) is 2.31. The van der Waals surface area contributed by atoms with Crippen LogP contribution in [0.2, 0.25) is 0 Å². The first-order valence-corrected chi connectivity index (χ1v) is 3.58. The van der Waals surface area contributed by atoms with Gasteiger partial charge >= 0.3 is 11.8 Å². The highest BCUT2D eigenvalue weighted by Gasteiger charge is 2.09. The third-order valence-corrected chi connectivity index (χ3v) is 1.07. The van der Waals surface area contributed by atoms with E-state index in [1.54, 1.807) is 5.43 Å². The number of hydrogen-bond acceptors (Lipinski definition) is 4. The lowest BCUT2D eigenvalue weighted by atomic mass is 10.5. The molecule has 0 aliphatic rings. The minimum Gasteiger partial charge on any atom is -0.380 e. The molecule has 2 amide bonds. The smallest absolute Gasteiger partial charge is 0.323 e. The van der Waals surface area contributed by atoms with Crippen LogP contribution in [-0.2, 0) is 14.3 Å². The largest absolute Gasteiger partial charge is 0.380 e. The van der Waals surface area contributed by atoms with Crippen molar-refractivity contribution in [2.75, 3.05) is 19.8 Å². The highest BCUT2D eigenvalue weighted by atomic mass is 16.5. The van der Waals surface area contributed by atoms with Crippen molar-refractivity contribution >= 4 is 11.8 Å². The van der Waals surface area contributed by atoms with Crippen molar-refractivity contribution in [3.63, 3.8) is 0 Å². The zero-order valence-electron chi connectivity index (χ0n) is 6.92. The van der Waals surface area contributed by atoms with Gasteiger partial charge in [-0.05, 0) is 6.92 Å². The van der Waals surface area contributed by atoms with E-state index >= 15 is 0 Å². The van der Waals surface area contributed by atoms with E-state index in [4.69, 9.17) is 10.6 Å². The van der Waals surface area contributed by atoms with E-state index in [0.717, 1.165) is 0 Å². The van der Waals surface area contributed by atoms with Crippen LogP contribution in [0.5, 0.6) is 0 Å². The Labute approximate surface area is 70.4 Å². The Morgan fingerprint density at radius 1 is 1.42 bits per heavy atom. The SMILES string of the molecule is CCOCCNC(=O)C(=O)NN. The van der Waals surface area contributed by atoms with E-state index in [1.807, 2.05) is 6.92 Å². The molecule has 0 saturated heterocycles. The number of nitrogens with one attached hydrogen (secondary N) is 2. The maximum atomic E-state index is 10.7. The second kappa shape index (κ2) is 6.56. The monoisotopic (exact) mass is 175 g/mol. The minimum absolute atomic E-state index is 0.306. The van der Waals surface area contributed by atoms with Crippen LogP contribution >= 0.6 is 0 Å². The molecule has 0 aromatic rings. The molecule has 0 aliphatic carbocycles. The number of rotatable bonds is 4. The third kappa shape index (κ3) is 4.64. The normalized spacial score (nSPS) is 9.17. The first-order valence-electron chi connectivity index (χ1n) is 3.58. The molecular formula is C6H13N3O3. The zero-order valence-corrected chi connectivity index (χ0v) is 6.92. The van der Waals surface area contributed by atoms with E-state index in [0.29, 0.717) is 19.8 Å². The Morgan fingerprint density at radius 3 is 2.58 bits per heavy atom. The topological polar surface area (TPSA) is 93.4 Å². The minimum atomic E-state index is -0.855. The van der Waals surface area contributed by atoms with Crippen molar-refractivity contribution in [2.24, 2.45) is 5.84 Å². The van der Waals surface area contributed by atoms with Crippen molar-refractivity contribution in [2.45, 2.75) is 6.92 Å². The maximum Gasteiger partial charge on any atom is 0.323 e. The molecule has 4 N–H and O–H groups in total. The number of nitrogens with two attached hydrogens (primary N) is 1. The molecule has 0 spiro atoms. The average molecular weight is 175 g/mol. The summed E-state index contributed by atoms with van der Waals surface area (Å²) in [4.78, 5) is 21.2. The van der Waals surface area contributed by atoms with Crippen molar-refractivity contribution < 1.29 is 14.3 Å². The van der Waals surface area contributed by atoms with Crippen LogP contribution in [0.3, 0.4) is 0 Å². The number of carbonyl (C=O) groups is 2. The summed E-state index contributed by atoms with van der Waals surface area (Å²) >= 11 is 0. The molecule has 12 heavy (non-hydrogen) atoms. The fourth-order valence-electron chi connectivity index (χ4n) is 0.527. The van der Waals surface area contributed by atoms with Gasteiger partial charge in [0, 0.05) is 13.2 Å². The van der Waals surface area contributed by atoms with Gasteiger partial charge in [0.2, 0.25) is 0 Å². The average Bonchev–Trinajstić information content (AvgIpc) is 2.10. The molecule has 6 nitrogen and oxygen atoms in total. The quantitative estimate of drug-likeness (QED) is 0.153. The van der Waals surface area contributed by atoms with Gasteiger partial charge in [-0.3, -0.25) is 15.0 Å². The Hall–Kier alpha value is -1.14. The Bertz CT molecular complexity index is 160. The highest BCUT2D eigenvalue weighted by molar-refractivity contribution is 6.34. The molecule has 0 unspecified atom stereocenters. The molecule has 0 aromatic heterocycles. The van der Waals surface area contributed by atoms with E-state index in [9.17, 15) is 9.59 Å². The fourth-order valence-corrected chi connectivity index (χ4v) is 0.527. The third-order valence-electron chi connectivity index (χ3n) is 1.07. The Balaban J connectivity index is 3.38. The van der Waals surface area contributed by atoms with Gasteiger partial charge in [-0.25, -0.2) is 5.84 Å². The molecule has 70 valence electrons. The second-order valence-electron chi connectivity index (χ2n) is 1.93. The molecule has 0 rings (SSSR count). The van der Waals surface area contributed by atoms with E-state index in [1.165, 1.54) is 0 Å². The van der Waals surface area contributed by atoms with Gasteiger partial charge in [0.15, 0.2) is 0 Å². The van der Waals surface area contributed by atoms with Crippen LogP contribution < -0.4 is 16.6 Å². The molecule has 0 fully saturated rings. The molecule has 0 bridgehead atoms. The molecular weight excluding hydrogens is 162 g/mol.